The molecule has 0 amide bonds. The summed E-state index contributed by atoms with van der Waals surface area (Å²) >= 11 is 0. The second-order valence-corrected chi connectivity index (χ2v) is 3.33. The van der Waals surface area contributed by atoms with Crippen molar-refractivity contribution < 1.29 is 5.21 Å². The highest BCUT2D eigenvalue weighted by atomic mass is 16.5. The minimum Gasteiger partial charge on any atom is -0.290 e. The third-order valence-electron chi connectivity index (χ3n) is 2.08. The summed E-state index contributed by atoms with van der Waals surface area (Å²) in [4.78, 5) is 0. The summed E-state index contributed by atoms with van der Waals surface area (Å²) in [6.45, 7) is 2.15. The first-order valence-corrected chi connectivity index (χ1v) is 4.81. The van der Waals surface area contributed by atoms with E-state index in [1.54, 1.807) is 0 Å². The number of hydrogen-bond acceptors (Lipinski definition) is 2. The maximum absolute atomic E-state index is 8.46. The van der Waals surface area contributed by atoms with E-state index in [1.807, 2.05) is 17.6 Å². The van der Waals surface area contributed by atoms with Gasteiger partial charge in [-0.3, -0.25) is 16.1 Å². The monoisotopic (exact) mass is 192 g/mol. The van der Waals surface area contributed by atoms with Gasteiger partial charge in [0, 0.05) is 6.42 Å². The molecular weight excluding hydrogens is 176 g/mol. The van der Waals surface area contributed by atoms with Gasteiger partial charge in [0.2, 0.25) is 0 Å². The summed E-state index contributed by atoms with van der Waals surface area (Å²) in [5, 5.41) is 15.7. The van der Waals surface area contributed by atoms with Gasteiger partial charge in [-0.25, -0.2) is 0 Å². The SMILES string of the molecule is CCCc1ccc(CC(=N)NO)cc1. The lowest BCUT2D eigenvalue weighted by Gasteiger charge is -2.03. The predicted molar refractivity (Wildman–Crippen MR) is 56.8 cm³/mol. The minimum absolute atomic E-state index is 0.119. The van der Waals surface area contributed by atoms with Crippen molar-refractivity contribution in [1.82, 2.24) is 5.48 Å². The smallest absolute Gasteiger partial charge is 0.122 e. The molecule has 0 aliphatic heterocycles. The lowest BCUT2D eigenvalue weighted by atomic mass is 10.1. The fraction of sp³-hybridized carbons (Fsp3) is 0.364. The van der Waals surface area contributed by atoms with Crippen molar-refractivity contribution in [3.05, 3.63) is 35.4 Å². The number of amidine groups is 1. The minimum atomic E-state index is 0.119. The van der Waals surface area contributed by atoms with E-state index < -0.39 is 0 Å². The molecule has 0 bridgehead atoms. The van der Waals surface area contributed by atoms with Crippen molar-refractivity contribution in [2.24, 2.45) is 0 Å². The van der Waals surface area contributed by atoms with E-state index in [0.717, 1.165) is 18.4 Å². The molecule has 0 aliphatic carbocycles. The predicted octanol–water partition coefficient (Wildman–Crippen LogP) is 2.14. The lowest BCUT2D eigenvalue weighted by Crippen LogP contribution is -2.19. The normalized spacial score (nSPS) is 9.86. The van der Waals surface area contributed by atoms with Crippen molar-refractivity contribution in [2.45, 2.75) is 26.2 Å². The van der Waals surface area contributed by atoms with Gasteiger partial charge in [-0.1, -0.05) is 37.6 Å². The van der Waals surface area contributed by atoms with Crippen molar-refractivity contribution in [1.29, 1.82) is 5.41 Å². The summed E-state index contributed by atoms with van der Waals surface area (Å²) in [6, 6.07) is 8.14. The van der Waals surface area contributed by atoms with Crippen molar-refractivity contribution in [2.75, 3.05) is 0 Å². The first-order valence-electron chi connectivity index (χ1n) is 4.81. The molecule has 76 valence electrons. The Labute approximate surface area is 84.2 Å². The molecule has 1 aromatic carbocycles. The Hall–Kier alpha value is -1.35. The van der Waals surface area contributed by atoms with Crippen LogP contribution in [-0.2, 0) is 12.8 Å². The highest BCUT2D eigenvalue weighted by Gasteiger charge is 1.97. The molecule has 3 heteroatoms. The van der Waals surface area contributed by atoms with Crippen LogP contribution < -0.4 is 5.48 Å². The van der Waals surface area contributed by atoms with E-state index in [4.69, 9.17) is 10.6 Å². The zero-order valence-electron chi connectivity index (χ0n) is 8.38. The van der Waals surface area contributed by atoms with Crippen molar-refractivity contribution in [3.63, 3.8) is 0 Å². The van der Waals surface area contributed by atoms with E-state index in [1.165, 1.54) is 5.56 Å². The summed E-state index contributed by atoms with van der Waals surface area (Å²) in [7, 11) is 0. The first-order chi connectivity index (χ1) is 6.76. The average Bonchev–Trinajstić information content (AvgIpc) is 2.21. The fourth-order valence-electron chi connectivity index (χ4n) is 1.36. The Bertz CT molecular complexity index is 293. The van der Waals surface area contributed by atoms with Gasteiger partial charge in [0.05, 0.1) is 0 Å². The summed E-state index contributed by atoms with van der Waals surface area (Å²) in [6.07, 6.45) is 2.69. The number of hydroxylamine groups is 1. The molecule has 3 nitrogen and oxygen atoms in total. The topological polar surface area (TPSA) is 56.1 Å². The molecular formula is C11H16N2O. The molecule has 0 unspecified atom stereocenters. The number of rotatable bonds is 4. The molecule has 1 rings (SSSR count). The van der Waals surface area contributed by atoms with E-state index in [2.05, 4.69) is 19.1 Å². The van der Waals surface area contributed by atoms with E-state index in [0.29, 0.717) is 6.42 Å². The molecule has 0 saturated heterocycles. The molecule has 0 fully saturated rings. The first kappa shape index (κ1) is 10.7. The van der Waals surface area contributed by atoms with Crippen molar-refractivity contribution >= 4 is 5.84 Å². The molecule has 14 heavy (non-hydrogen) atoms. The van der Waals surface area contributed by atoms with Gasteiger partial charge in [-0.05, 0) is 17.5 Å². The molecule has 0 saturated carbocycles. The van der Waals surface area contributed by atoms with Crippen LogP contribution in [0.2, 0.25) is 0 Å². The maximum Gasteiger partial charge on any atom is 0.122 e. The maximum atomic E-state index is 8.46. The molecule has 0 spiro atoms. The lowest BCUT2D eigenvalue weighted by molar-refractivity contribution is 0.231. The standard InChI is InChI=1S/C11H16N2O/c1-2-3-9-4-6-10(7-5-9)8-11(12)13-14/h4-7,14H,2-3,8H2,1H3,(H2,12,13). The molecule has 0 aliphatic rings. The second-order valence-electron chi connectivity index (χ2n) is 3.33. The summed E-state index contributed by atoms with van der Waals surface area (Å²) in [5.74, 6) is 0.119. The number of nitrogens with one attached hydrogen (secondary N) is 2. The third-order valence-corrected chi connectivity index (χ3v) is 2.08. The Morgan fingerprint density at radius 3 is 2.36 bits per heavy atom. The van der Waals surface area contributed by atoms with Gasteiger partial charge in [-0.15, -0.1) is 0 Å². The van der Waals surface area contributed by atoms with Crippen LogP contribution in [-0.4, -0.2) is 11.0 Å². The van der Waals surface area contributed by atoms with Crippen LogP contribution in [0.25, 0.3) is 0 Å². The Kier molecular flexibility index (Phi) is 4.13. The summed E-state index contributed by atoms with van der Waals surface area (Å²) < 4.78 is 0. The molecule has 0 aromatic heterocycles. The quantitative estimate of drug-likeness (QED) is 0.389. The van der Waals surface area contributed by atoms with Gasteiger partial charge >= 0.3 is 0 Å². The largest absolute Gasteiger partial charge is 0.290 e. The zero-order chi connectivity index (χ0) is 10.4. The van der Waals surface area contributed by atoms with Crippen LogP contribution in [0.4, 0.5) is 0 Å². The fourth-order valence-corrected chi connectivity index (χ4v) is 1.36. The third kappa shape index (κ3) is 3.18. The highest BCUT2D eigenvalue weighted by Crippen LogP contribution is 2.07. The van der Waals surface area contributed by atoms with Crippen LogP contribution >= 0.6 is 0 Å². The second kappa shape index (κ2) is 5.40. The van der Waals surface area contributed by atoms with Crippen LogP contribution in [0.3, 0.4) is 0 Å². The molecule has 3 N–H and O–H groups in total. The van der Waals surface area contributed by atoms with E-state index in [-0.39, 0.29) is 5.84 Å². The van der Waals surface area contributed by atoms with Crippen LogP contribution in [0.5, 0.6) is 0 Å². The van der Waals surface area contributed by atoms with Crippen LogP contribution in [0, 0.1) is 5.41 Å². The zero-order valence-corrected chi connectivity index (χ0v) is 8.38. The molecule has 1 aromatic rings. The van der Waals surface area contributed by atoms with Crippen LogP contribution in [0.15, 0.2) is 24.3 Å². The van der Waals surface area contributed by atoms with Gasteiger partial charge in [0.25, 0.3) is 0 Å². The molecule has 0 radical (unpaired) electrons. The van der Waals surface area contributed by atoms with E-state index >= 15 is 0 Å². The van der Waals surface area contributed by atoms with Gasteiger partial charge < -0.3 is 0 Å². The van der Waals surface area contributed by atoms with Crippen LogP contribution in [0.1, 0.15) is 24.5 Å². The Morgan fingerprint density at radius 1 is 1.29 bits per heavy atom. The highest BCUT2D eigenvalue weighted by molar-refractivity contribution is 5.80. The Balaban J connectivity index is 2.59. The van der Waals surface area contributed by atoms with Gasteiger partial charge in [0.15, 0.2) is 0 Å². The van der Waals surface area contributed by atoms with Gasteiger partial charge in [-0.2, -0.15) is 0 Å². The average molecular weight is 192 g/mol. The number of aryl methyl sites for hydroxylation is 1. The van der Waals surface area contributed by atoms with Crippen molar-refractivity contribution in [3.8, 4) is 0 Å². The number of benzene rings is 1. The van der Waals surface area contributed by atoms with Gasteiger partial charge in [0.1, 0.15) is 5.84 Å². The number of hydrogen-bond donors (Lipinski definition) is 3. The Morgan fingerprint density at radius 2 is 1.86 bits per heavy atom. The molecule has 0 heterocycles. The summed E-state index contributed by atoms with van der Waals surface area (Å²) in [5.41, 5.74) is 4.19. The van der Waals surface area contributed by atoms with E-state index in [9.17, 15) is 0 Å². The molecule has 0 atom stereocenters.